The van der Waals surface area contributed by atoms with Crippen molar-refractivity contribution in [2.75, 3.05) is 12.4 Å². The van der Waals surface area contributed by atoms with Crippen molar-refractivity contribution < 1.29 is 19.2 Å². The van der Waals surface area contributed by atoms with E-state index in [4.69, 9.17) is 5.73 Å². The molecule has 132 valence electrons. The zero-order chi connectivity index (χ0) is 17.0. The molecule has 1 saturated carbocycles. The van der Waals surface area contributed by atoms with Gasteiger partial charge in [0, 0.05) is 17.8 Å². The molecule has 0 aromatic heterocycles. The highest BCUT2D eigenvalue weighted by Crippen LogP contribution is 2.28. The number of ether oxygens (including phenoxy) is 1. The molecule has 0 bridgehead atoms. The van der Waals surface area contributed by atoms with Gasteiger partial charge in [-0.2, -0.15) is 0 Å². The van der Waals surface area contributed by atoms with E-state index in [0.29, 0.717) is 12.8 Å². The largest absolute Gasteiger partial charge is 0.465 e. The van der Waals surface area contributed by atoms with Crippen LogP contribution in [0.1, 0.15) is 42.5 Å². The second kappa shape index (κ2) is 8.07. The van der Waals surface area contributed by atoms with E-state index in [2.05, 4.69) is 10.1 Å². The minimum atomic E-state index is -0.978. The highest BCUT2D eigenvalue weighted by Gasteiger charge is 2.35. The highest BCUT2D eigenvalue weighted by atomic mass is 35.5. The van der Waals surface area contributed by atoms with Crippen LogP contribution in [-0.4, -0.2) is 29.4 Å². The van der Waals surface area contributed by atoms with Gasteiger partial charge in [0.15, 0.2) is 0 Å². The second-order valence-electron chi connectivity index (χ2n) is 5.69. The Hall–Kier alpha value is -2.19. The van der Waals surface area contributed by atoms with Gasteiger partial charge in [0.25, 0.3) is 5.69 Å². The number of benzene rings is 1. The number of hydrogen-bond acceptors (Lipinski definition) is 6. The number of carbonyl (C=O) groups is 2. The van der Waals surface area contributed by atoms with Gasteiger partial charge in [0.2, 0.25) is 5.91 Å². The number of methoxy groups -OCH3 is 1. The number of nitro benzene ring substituents is 1. The molecule has 1 aliphatic rings. The monoisotopic (exact) mass is 357 g/mol. The van der Waals surface area contributed by atoms with Crippen molar-refractivity contribution in [3.8, 4) is 0 Å². The first-order valence-electron chi connectivity index (χ1n) is 7.34. The van der Waals surface area contributed by atoms with E-state index in [1.807, 2.05) is 0 Å². The molecule has 1 aliphatic carbocycles. The lowest BCUT2D eigenvalue weighted by atomic mass is 9.82. The first kappa shape index (κ1) is 19.9. The van der Waals surface area contributed by atoms with Gasteiger partial charge >= 0.3 is 5.97 Å². The predicted molar refractivity (Wildman–Crippen MR) is 90.3 cm³/mol. The van der Waals surface area contributed by atoms with E-state index in [-0.39, 0.29) is 29.3 Å². The Morgan fingerprint density at radius 3 is 2.42 bits per heavy atom. The molecule has 1 aromatic carbocycles. The molecule has 2 rings (SSSR count). The number of amides is 1. The zero-order valence-corrected chi connectivity index (χ0v) is 14.1. The lowest BCUT2D eigenvalue weighted by Gasteiger charge is -2.31. The number of carbonyl (C=O) groups excluding carboxylic acids is 2. The van der Waals surface area contributed by atoms with Crippen molar-refractivity contribution in [2.24, 2.45) is 5.73 Å². The van der Waals surface area contributed by atoms with E-state index in [1.165, 1.54) is 19.2 Å². The summed E-state index contributed by atoms with van der Waals surface area (Å²) in [7, 11) is 1.18. The molecule has 0 saturated heterocycles. The molecule has 9 heteroatoms. The lowest BCUT2D eigenvalue weighted by Crippen LogP contribution is -2.52. The Bertz CT molecular complexity index is 644. The number of non-ortho nitro benzene ring substituents is 1. The number of anilines is 1. The third-order valence-electron chi connectivity index (χ3n) is 4.01. The smallest absolute Gasteiger partial charge is 0.338 e. The fourth-order valence-corrected chi connectivity index (χ4v) is 2.69. The van der Waals surface area contributed by atoms with Crippen molar-refractivity contribution in [2.45, 2.75) is 37.6 Å². The maximum Gasteiger partial charge on any atom is 0.338 e. The molecule has 1 amide bonds. The molecule has 0 heterocycles. The average molecular weight is 358 g/mol. The maximum absolute atomic E-state index is 12.4. The minimum absolute atomic E-state index is 0. The van der Waals surface area contributed by atoms with Crippen LogP contribution in [0.3, 0.4) is 0 Å². The molecule has 0 atom stereocenters. The molecule has 0 unspecified atom stereocenters. The Labute approximate surface area is 145 Å². The predicted octanol–water partition coefficient (Wildman–Crippen LogP) is 2.40. The van der Waals surface area contributed by atoms with Gasteiger partial charge in [-0.15, -0.1) is 12.4 Å². The Morgan fingerprint density at radius 1 is 1.25 bits per heavy atom. The second-order valence-corrected chi connectivity index (χ2v) is 5.69. The summed E-state index contributed by atoms with van der Waals surface area (Å²) >= 11 is 0. The van der Waals surface area contributed by atoms with Crippen molar-refractivity contribution in [1.29, 1.82) is 0 Å². The summed E-state index contributed by atoms with van der Waals surface area (Å²) in [5, 5.41) is 13.6. The first-order chi connectivity index (χ1) is 10.9. The van der Waals surface area contributed by atoms with Crippen LogP contribution in [0.15, 0.2) is 18.2 Å². The molecule has 0 radical (unpaired) electrons. The lowest BCUT2D eigenvalue weighted by molar-refractivity contribution is -0.384. The summed E-state index contributed by atoms with van der Waals surface area (Å²) in [4.78, 5) is 34.4. The number of halogens is 1. The molecule has 1 aromatic rings. The summed E-state index contributed by atoms with van der Waals surface area (Å²) < 4.78 is 4.57. The van der Waals surface area contributed by atoms with Crippen LogP contribution < -0.4 is 11.1 Å². The van der Waals surface area contributed by atoms with E-state index in [9.17, 15) is 19.7 Å². The Kier molecular flexibility index (Phi) is 6.68. The van der Waals surface area contributed by atoms with Gasteiger partial charge in [-0.25, -0.2) is 4.79 Å². The molecular formula is C15H20ClN3O5. The van der Waals surface area contributed by atoms with E-state index >= 15 is 0 Å². The van der Waals surface area contributed by atoms with Gasteiger partial charge in [-0.05, 0) is 18.9 Å². The molecular weight excluding hydrogens is 338 g/mol. The number of nitrogens with zero attached hydrogens (tertiary/aromatic N) is 1. The highest BCUT2D eigenvalue weighted by molar-refractivity contribution is 6.00. The molecule has 1 fully saturated rings. The third-order valence-corrected chi connectivity index (χ3v) is 4.01. The van der Waals surface area contributed by atoms with E-state index < -0.39 is 22.3 Å². The van der Waals surface area contributed by atoms with Gasteiger partial charge in [0.05, 0.1) is 23.1 Å². The van der Waals surface area contributed by atoms with E-state index in [1.54, 1.807) is 0 Å². The number of nitro groups is 1. The molecule has 8 nitrogen and oxygen atoms in total. The van der Waals surface area contributed by atoms with Crippen LogP contribution in [0.2, 0.25) is 0 Å². The summed E-state index contributed by atoms with van der Waals surface area (Å²) in [6, 6.07) is 3.62. The van der Waals surface area contributed by atoms with Gasteiger partial charge in [-0.3, -0.25) is 14.9 Å². The molecule has 0 spiro atoms. The average Bonchev–Trinajstić information content (AvgIpc) is 2.54. The van der Waals surface area contributed by atoms with Crippen molar-refractivity contribution in [3.63, 3.8) is 0 Å². The van der Waals surface area contributed by atoms with Crippen LogP contribution >= 0.6 is 12.4 Å². The van der Waals surface area contributed by atoms with Crippen LogP contribution in [0.25, 0.3) is 0 Å². The van der Waals surface area contributed by atoms with Crippen molar-refractivity contribution >= 4 is 35.7 Å². The first-order valence-corrected chi connectivity index (χ1v) is 7.34. The molecule has 0 aliphatic heterocycles. The van der Waals surface area contributed by atoms with Gasteiger partial charge < -0.3 is 15.8 Å². The maximum atomic E-state index is 12.4. The fourth-order valence-electron chi connectivity index (χ4n) is 2.69. The van der Waals surface area contributed by atoms with Crippen LogP contribution in [-0.2, 0) is 9.53 Å². The fraction of sp³-hybridized carbons (Fsp3) is 0.467. The minimum Gasteiger partial charge on any atom is -0.465 e. The summed E-state index contributed by atoms with van der Waals surface area (Å²) in [5.74, 6) is -1.11. The van der Waals surface area contributed by atoms with Crippen LogP contribution in [0.4, 0.5) is 11.4 Å². The SMILES string of the molecule is COC(=O)c1cc(NC(=O)C2(N)CCCCC2)cc([N+](=O)[O-])c1.Cl. The quantitative estimate of drug-likeness (QED) is 0.484. The molecule has 3 N–H and O–H groups in total. The van der Waals surface area contributed by atoms with Gasteiger partial charge in [0.1, 0.15) is 0 Å². The van der Waals surface area contributed by atoms with Crippen molar-refractivity contribution in [1.82, 2.24) is 0 Å². The third kappa shape index (κ3) is 4.42. The number of rotatable bonds is 4. The van der Waals surface area contributed by atoms with Crippen molar-refractivity contribution in [3.05, 3.63) is 33.9 Å². The molecule has 24 heavy (non-hydrogen) atoms. The number of hydrogen-bond donors (Lipinski definition) is 2. The van der Waals surface area contributed by atoms with Crippen LogP contribution in [0, 0.1) is 10.1 Å². The standard InChI is InChI=1S/C15H19N3O5.ClH/c1-23-13(19)10-7-11(9-12(8-10)18(21)22)17-14(20)15(16)5-3-2-4-6-15;/h7-9H,2-6,16H2,1H3,(H,17,20);1H. The summed E-state index contributed by atoms with van der Waals surface area (Å²) in [6.45, 7) is 0. The summed E-state index contributed by atoms with van der Waals surface area (Å²) in [5.41, 5.74) is 4.99. The zero-order valence-electron chi connectivity index (χ0n) is 13.2. The Morgan fingerprint density at radius 2 is 1.88 bits per heavy atom. The van der Waals surface area contributed by atoms with Gasteiger partial charge in [-0.1, -0.05) is 19.3 Å². The topological polar surface area (TPSA) is 125 Å². The number of esters is 1. The van der Waals surface area contributed by atoms with E-state index in [0.717, 1.165) is 25.3 Å². The van der Waals surface area contributed by atoms with Crippen LogP contribution in [0.5, 0.6) is 0 Å². The Balaban J connectivity index is 0.00000288. The summed E-state index contributed by atoms with van der Waals surface area (Å²) in [6.07, 6.45) is 3.91. The number of nitrogens with two attached hydrogens (primary N) is 1. The normalized spacial score (nSPS) is 15.8. The number of nitrogens with one attached hydrogen (secondary N) is 1.